The van der Waals surface area contributed by atoms with Gasteiger partial charge in [-0.1, -0.05) is 0 Å². The summed E-state index contributed by atoms with van der Waals surface area (Å²) >= 11 is 1.64. The molecule has 2 rings (SSSR count). The van der Waals surface area contributed by atoms with Crippen molar-refractivity contribution >= 4 is 11.8 Å². The van der Waals surface area contributed by atoms with Crippen LogP contribution in [0.4, 0.5) is 0 Å². The third-order valence-electron chi connectivity index (χ3n) is 1.88. The van der Waals surface area contributed by atoms with Crippen LogP contribution in [-0.4, -0.2) is 28.8 Å². The Morgan fingerprint density at radius 3 is 2.45 bits per heavy atom. The highest BCUT2D eigenvalue weighted by Gasteiger charge is 2.31. The van der Waals surface area contributed by atoms with Crippen molar-refractivity contribution in [2.24, 2.45) is 0 Å². The predicted molar refractivity (Wildman–Crippen MR) is 43.5 cm³/mol. The van der Waals surface area contributed by atoms with Crippen LogP contribution in [0.3, 0.4) is 0 Å². The topological polar surface area (TPSA) is 42.3 Å². The summed E-state index contributed by atoms with van der Waals surface area (Å²) in [5.74, 6) is 0.998. The van der Waals surface area contributed by atoms with Gasteiger partial charge in [0.05, 0.1) is 0 Å². The molecule has 60 valence electrons. The maximum absolute atomic E-state index is 10.7. The molecule has 1 atom stereocenters. The Kier molecular flexibility index (Phi) is 1.43. The summed E-state index contributed by atoms with van der Waals surface area (Å²) < 4.78 is 1.30. The lowest BCUT2D eigenvalue weighted by atomic mass is 10.7. The largest absolute Gasteiger partial charge is 0.321 e. The van der Waals surface area contributed by atoms with Crippen LogP contribution in [0.5, 0.6) is 0 Å². The quantitative estimate of drug-likeness (QED) is 0.521. The molecule has 0 aliphatic carbocycles. The molecule has 1 aromatic heterocycles. The monoisotopic (exact) mass is 172 g/mol. The second kappa shape index (κ2) is 2.22. The van der Waals surface area contributed by atoms with Gasteiger partial charge >= 0.3 is 11.1 Å². The molecule has 1 saturated heterocycles. The number of thioether (sulfide) groups is 1. The molecule has 0 bridgehead atoms. The molecule has 1 unspecified atom stereocenters. The van der Waals surface area contributed by atoms with Crippen LogP contribution in [-0.2, 0) is 0 Å². The van der Waals surface area contributed by atoms with Gasteiger partial charge in [-0.3, -0.25) is 14.5 Å². The van der Waals surface area contributed by atoms with Crippen molar-refractivity contribution in [3.05, 3.63) is 20.7 Å². The van der Waals surface area contributed by atoms with Gasteiger partial charge < -0.3 is 0 Å². The molecule has 1 aliphatic rings. The summed E-state index contributed by atoms with van der Waals surface area (Å²) in [6, 6.07) is 0. The summed E-state index contributed by atoms with van der Waals surface area (Å²) in [6.07, 6.45) is 0. The van der Waals surface area contributed by atoms with Gasteiger partial charge in [-0.15, -0.1) is 11.8 Å². The zero-order chi connectivity index (χ0) is 8.01. The van der Waals surface area contributed by atoms with Crippen molar-refractivity contribution in [2.75, 3.05) is 19.3 Å². The standard InChI is InChI=1S/C6H8N2O2S/c1-7-2-3-11-6(7)8-4(9)5(8)10/h6H,2-3H2,1H3. The lowest BCUT2D eigenvalue weighted by Crippen LogP contribution is -2.21. The number of hydrogen-bond acceptors (Lipinski definition) is 4. The fourth-order valence-corrected chi connectivity index (χ4v) is 2.46. The van der Waals surface area contributed by atoms with Gasteiger partial charge in [0, 0.05) is 12.3 Å². The first-order valence-corrected chi connectivity index (χ1v) is 4.46. The van der Waals surface area contributed by atoms with Crippen LogP contribution in [0.2, 0.25) is 0 Å². The Labute approximate surface area is 67.5 Å². The van der Waals surface area contributed by atoms with Gasteiger partial charge in [0.2, 0.25) is 0 Å². The van der Waals surface area contributed by atoms with Gasteiger partial charge in [-0.25, -0.2) is 4.57 Å². The molecule has 0 radical (unpaired) electrons. The van der Waals surface area contributed by atoms with Gasteiger partial charge in [-0.2, -0.15) is 0 Å². The molecule has 0 spiro atoms. The van der Waals surface area contributed by atoms with E-state index in [9.17, 15) is 9.59 Å². The van der Waals surface area contributed by atoms with E-state index in [1.165, 1.54) is 4.57 Å². The van der Waals surface area contributed by atoms with Gasteiger partial charge in [0.25, 0.3) is 0 Å². The summed E-state index contributed by atoms with van der Waals surface area (Å²) in [4.78, 5) is 23.4. The summed E-state index contributed by atoms with van der Waals surface area (Å²) in [6.45, 7) is 0.951. The number of hydrogen-bond donors (Lipinski definition) is 0. The van der Waals surface area contributed by atoms with Crippen molar-refractivity contribution in [1.29, 1.82) is 0 Å². The van der Waals surface area contributed by atoms with E-state index in [1.54, 1.807) is 11.8 Å². The predicted octanol–water partition coefficient (Wildman–Crippen LogP) is -0.781. The van der Waals surface area contributed by atoms with Crippen molar-refractivity contribution in [3.63, 3.8) is 0 Å². The first-order chi connectivity index (χ1) is 5.22. The lowest BCUT2D eigenvalue weighted by molar-refractivity contribution is 0.300. The zero-order valence-corrected chi connectivity index (χ0v) is 6.93. The second-order valence-electron chi connectivity index (χ2n) is 2.66. The average Bonchev–Trinajstić information content (AvgIpc) is 2.44. The molecule has 0 saturated carbocycles. The van der Waals surface area contributed by atoms with E-state index in [0.717, 1.165) is 12.3 Å². The molecular formula is C6H8N2O2S. The Morgan fingerprint density at radius 1 is 1.45 bits per heavy atom. The molecule has 1 aliphatic heterocycles. The smallest absolute Gasteiger partial charge is 0.277 e. The van der Waals surface area contributed by atoms with E-state index in [-0.39, 0.29) is 16.6 Å². The molecule has 0 N–H and O–H groups in total. The Balaban J connectivity index is 2.24. The first-order valence-electron chi connectivity index (χ1n) is 3.41. The van der Waals surface area contributed by atoms with Crippen LogP contribution in [0.15, 0.2) is 9.59 Å². The van der Waals surface area contributed by atoms with E-state index in [4.69, 9.17) is 0 Å². The third kappa shape index (κ3) is 0.954. The number of rotatable bonds is 1. The fourth-order valence-electron chi connectivity index (χ4n) is 1.16. The number of nitrogens with zero attached hydrogens (tertiary/aromatic N) is 2. The molecule has 1 fully saturated rings. The molecule has 2 heterocycles. The maximum atomic E-state index is 10.7. The summed E-state index contributed by atoms with van der Waals surface area (Å²) in [5.41, 5.74) is -0.692. The van der Waals surface area contributed by atoms with Crippen molar-refractivity contribution < 1.29 is 0 Å². The number of aromatic nitrogens is 1. The molecule has 1 aromatic rings. The highest BCUT2D eigenvalue weighted by atomic mass is 32.2. The molecule has 0 amide bonds. The van der Waals surface area contributed by atoms with Crippen LogP contribution >= 0.6 is 11.8 Å². The van der Waals surface area contributed by atoms with E-state index in [1.807, 2.05) is 11.9 Å². The van der Waals surface area contributed by atoms with E-state index in [0.29, 0.717) is 0 Å². The molecule has 5 heteroatoms. The zero-order valence-electron chi connectivity index (χ0n) is 6.11. The van der Waals surface area contributed by atoms with Crippen molar-refractivity contribution in [1.82, 2.24) is 9.47 Å². The van der Waals surface area contributed by atoms with E-state index < -0.39 is 0 Å². The van der Waals surface area contributed by atoms with E-state index >= 15 is 0 Å². The van der Waals surface area contributed by atoms with Gasteiger partial charge in [0.1, 0.15) is 5.50 Å². The molecule has 11 heavy (non-hydrogen) atoms. The minimum Gasteiger partial charge on any atom is -0.277 e. The van der Waals surface area contributed by atoms with Gasteiger partial charge in [-0.05, 0) is 7.05 Å². The highest BCUT2D eigenvalue weighted by Crippen LogP contribution is 2.29. The van der Waals surface area contributed by atoms with Gasteiger partial charge in [0.15, 0.2) is 0 Å². The Morgan fingerprint density at radius 2 is 2.09 bits per heavy atom. The second-order valence-corrected chi connectivity index (χ2v) is 3.82. The SMILES string of the molecule is CN1CCSC1n1c(=O)c1=O. The molecule has 4 nitrogen and oxygen atoms in total. The normalized spacial score (nSPS) is 26.8. The Bertz CT molecular complexity index is 314. The van der Waals surface area contributed by atoms with Crippen molar-refractivity contribution in [3.8, 4) is 0 Å². The minimum atomic E-state index is -0.337. The summed E-state index contributed by atoms with van der Waals surface area (Å²) in [7, 11) is 1.92. The molecule has 0 aromatic carbocycles. The Hall–Kier alpha value is -0.550. The minimum absolute atomic E-state index is 0.0185. The van der Waals surface area contributed by atoms with Crippen LogP contribution in [0.1, 0.15) is 5.50 Å². The maximum Gasteiger partial charge on any atom is 0.321 e. The van der Waals surface area contributed by atoms with Crippen LogP contribution in [0.25, 0.3) is 0 Å². The van der Waals surface area contributed by atoms with Crippen molar-refractivity contribution in [2.45, 2.75) is 5.50 Å². The summed E-state index contributed by atoms with van der Waals surface area (Å²) in [5, 5.41) is 0. The molecular weight excluding hydrogens is 164 g/mol. The first kappa shape index (κ1) is 7.12. The van der Waals surface area contributed by atoms with E-state index in [2.05, 4.69) is 0 Å². The highest BCUT2D eigenvalue weighted by molar-refractivity contribution is 7.99. The third-order valence-corrected chi connectivity index (χ3v) is 3.17. The average molecular weight is 172 g/mol. The van der Waals surface area contributed by atoms with Crippen LogP contribution < -0.4 is 11.1 Å². The lowest BCUT2D eigenvalue weighted by Gasteiger charge is -2.13. The van der Waals surface area contributed by atoms with Crippen LogP contribution in [0, 0.1) is 0 Å². The fraction of sp³-hybridized carbons (Fsp3) is 0.667.